The molecule has 1 saturated heterocycles. The average Bonchev–Trinajstić information content (AvgIpc) is 3.22. The summed E-state index contributed by atoms with van der Waals surface area (Å²) >= 11 is 0. The van der Waals surface area contributed by atoms with Gasteiger partial charge in [-0.25, -0.2) is 0 Å². The number of nitrogens with two attached hydrogens (primary N) is 1. The van der Waals surface area contributed by atoms with Crippen molar-refractivity contribution in [2.45, 2.75) is 50.7 Å². The molecule has 3 nitrogen and oxygen atoms in total. The summed E-state index contributed by atoms with van der Waals surface area (Å²) in [5, 5.41) is 0. The summed E-state index contributed by atoms with van der Waals surface area (Å²) in [5.74, 6) is 0. The van der Waals surface area contributed by atoms with E-state index in [-0.39, 0.29) is 5.54 Å². The van der Waals surface area contributed by atoms with Gasteiger partial charge in [0.1, 0.15) is 0 Å². The molecule has 20 heavy (non-hydrogen) atoms. The highest BCUT2D eigenvalue weighted by Crippen LogP contribution is 2.40. The van der Waals surface area contributed by atoms with Crippen LogP contribution < -0.4 is 10.6 Å². The first-order valence-corrected chi connectivity index (χ1v) is 7.82. The van der Waals surface area contributed by atoms with Crippen molar-refractivity contribution in [1.82, 2.24) is 4.90 Å². The van der Waals surface area contributed by atoms with Crippen molar-refractivity contribution in [3.8, 4) is 0 Å². The highest BCUT2D eigenvalue weighted by atomic mass is 15.3. The second-order valence-electron chi connectivity index (χ2n) is 6.78. The summed E-state index contributed by atoms with van der Waals surface area (Å²) < 4.78 is 0. The smallest absolute Gasteiger partial charge is 0.0662 e. The Hall–Kier alpha value is -1.06. The van der Waals surface area contributed by atoms with E-state index < -0.39 is 0 Å². The van der Waals surface area contributed by atoms with E-state index >= 15 is 0 Å². The monoisotopic (exact) mass is 273 g/mol. The van der Waals surface area contributed by atoms with Crippen LogP contribution in [0.1, 0.15) is 31.7 Å². The van der Waals surface area contributed by atoms with Gasteiger partial charge in [-0.3, -0.25) is 4.90 Å². The van der Waals surface area contributed by atoms with Crippen LogP contribution in [-0.2, 0) is 0 Å². The molecule has 2 atom stereocenters. The molecule has 110 valence electrons. The third kappa shape index (κ3) is 2.33. The van der Waals surface area contributed by atoms with E-state index in [1.807, 2.05) is 0 Å². The minimum Gasteiger partial charge on any atom is -0.366 e. The molecule has 2 unspecified atom stereocenters. The van der Waals surface area contributed by atoms with Crippen molar-refractivity contribution in [2.75, 3.05) is 25.0 Å². The summed E-state index contributed by atoms with van der Waals surface area (Å²) in [7, 11) is 2.21. The van der Waals surface area contributed by atoms with Crippen molar-refractivity contribution in [3.05, 3.63) is 29.8 Å². The van der Waals surface area contributed by atoms with Crippen LogP contribution in [0.2, 0.25) is 0 Å². The molecule has 1 aromatic rings. The molecule has 0 aromatic heterocycles. The first kappa shape index (κ1) is 13.9. The molecule has 1 aliphatic heterocycles. The molecular formula is C17H27N3. The van der Waals surface area contributed by atoms with Crippen LogP contribution in [0, 0.1) is 6.92 Å². The lowest BCUT2D eigenvalue weighted by Gasteiger charge is -2.40. The third-order valence-corrected chi connectivity index (χ3v) is 5.21. The van der Waals surface area contributed by atoms with Gasteiger partial charge < -0.3 is 10.6 Å². The highest BCUT2D eigenvalue weighted by Gasteiger charge is 2.48. The maximum atomic E-state index is 6.22. The van der Waals surface area contributed by atoms with E-state index in [0.29, 0.717) is 6.04 Å². The van der Waals surface area contributed by atoms with Crippen LogP contribution in [0.15, 0.2) is 24.3 Å². The Morgan fingerprint density at radius 3 is 2.75 bits per heavy atom. The Kier molecular flexibility index (Phi) is 3.51. The number of aryl methyl sites for hydroxylation is 1. The molecule has 1 saturated carbocycles. The molecule has 0 spiro atoms. The average molecular weight is 273 g/mol. The van der Waals surface area contributed by atoms with Gasteiger partial charge in [0, 0.05) is 37.9 Å². The standard InChI is InChI=1S/C17H27N3/c1-13-5-4-6-16(9-13)19(3)17(11-18)10-14(2)20(12-17)15-7-8-15/h4-6,9,14-15H,7-8,10-12,18H2,1-3H3. The second kappa shape index (κ2) is 5.05. The van der Waals surface area contributed by atoms with E-state index in [1.165, 1.54) is 30.5 Å². The van der Waals surface area contributed by atoms with E-state index in [2.05, 4.69) is 55.0 Å². The number of likely N-dealkylation sites (tertiary alicyclic amines) is 1. The van der Waals surface area contributed by atoms with Gasteiger partial charge in [0.25, 0.3) is 0 Å². The number of benzene rings is 1. The zero-order valence-electron chi connectivity index (χ0n) is 13.0. The van der Waals surface area contributed by atoms with Crippen molar-refractivity contribution in [1.29, 1.82) is 0 Å². The molecule has 1 aromatic carbocycles. The molecule has 0 bridgehead atoms. The number of likely N-dealkylation sites (N-methyl/N-ethyl adjacent to an activating group) is 1. The first-order chi connectivity index (χ1) is 9.55. The van der Waals surface area contributed by atoms with Crippen molar-refractivity contribution in [3.63, 3.8) is 0 Å². The highest BCUT2D eigenvalue weighted by molar-refractivity contribution is 5.51. The van der Waals surface area contributed by atoms with E-state index in [4.69, 9.17) is 5.73 Å². The van der Waals surface area contributed by atoms with Gasteiger partial charge in [0.15, 0.2) is 0 Å². The van der Waals surface area contributed by atoms with Crippen LogP contribution >= 0.6 is 0 Å². The summed E-state index contributed by atoms with van der Waals surface area (Å²) in [6, 6.07) is 10.2. The largest absolute Gasteiger partial charge is 0.366 e. The van der Waals surface area contributed by atoms with Gasteiger partial charge in [-0.2, -0.15) is 0 Å². The predicted octanol–water partition coefficient (Wildman–Crippen LogP) is 2.39. The number of hydrogen-bond donors (Lipinski definition) is 1. The quantitative estimate of drug-likeness (QED) is 0.914. The lowest BCUT2D eigenvalue weighted by molar-refractivity contribution is 0.249. The molecule has 2 fully saturated rings. The van der Waals surface area contributed by atoms with Crippen LogP contribution in [0.3, 0.4) is 0 Å². The summed E-state index contributed by atoms with van der Waals surface area (Å²) in [6.07, 6.45) is 3.92. The number of nitrogens with zero attached hydrogens (tertiary/aromatic N) is 2. The molecule has 1 aliphatic carbocycles. The van der Waals surface area contributed by atoms with E-state index in [0.717, 1.165) is 19.1 Å². The molecule has 3 rings (SSSR count). The fraction of sp³-hybridized carbons (Fsp3) is 0.647. The van der Waals surface area contributed by atoms with Crippen molar-refractivity contribution < 1.29 is 0 Å². The van der Waals surface area contributed by atoms with Crippen LogP contribution in [0.25, 0.3) is 0 Å². The number of hydrogen-bond acceptors (Lipinski definition) is 3. The van der Waals surface area contributed by atoms with E-state index in [9.17, 15) is 0 Å². The lowest BCUT2D eigenvalue weighted by atomic mass is 9.93. The van der Waals surface area contributed by atoms with E-state index in [1.54, 1.807) is 0 Å². The Labute approximate surface area is 122 Å². The van der Waals surface area contributed by atoms with Crippen LogP contribution in [-0.4, -0.2) is 42.7 Å². The first-order valence-electron chi connectivity index (χ1n) is 7.82. The zero-order valence-corrected chi connectivity index (χ0v) is 13.0. The predicted molar refractivity (Wildman–Crippen MR) is 85.2 cm³/mol. The maximum absolute atomic E-state index is 6.22. The Morgan fingerprint density at radius 1 is 1.40 bits per heavy atom. The second-order valence-corrected chi connectivity index (χ2v) is 6.78. The fourth-order valence-corrected chi connectivity index (χ4v) is 3.76. The Balaban J connectivity index is 1.85. The molecule has 0 amide bonds. The van der Waals surface area contributed by atoms with Gasteiger partial charge in [0.2, 0.25) is 0 Å². The molecule has 0 radical (unpaired) electrons. The maximum Gasteiger partial charge on any atom is 0.0662 e. The minimum absolute atomic E-state index is 0.0931. The van der Waals surface area contributed by atoms with Crippen molar-refractivity contribution in [2.24, 2.45) is 5.73 Å². The molecule has 2 N–H and O–H groups in total. The topological polar surface area (TPSA) is 32.5 Å². The molecule has 3 heteroatoms. The third-order valence-electron chi connectivity index (χ3n) is 5.21. The van der Waals surface area contributed by atoms with Gasteiger partial charge in [-0.1, -0.05) is 12.1 Å². The van der Waals surface area contributed by atoms with Crippen LogP contribution in [0.5, 0.6) is 0 Å². The zero-order chi connectivity index (χ0) is 14.3. The Morgan fingerprint density at radius 2 is 2.15 bits per heavy atom. The molecule has 2 aliphatic rings. The molecule has 1 heterocycles. The van der Waals surface area contributed by atoms with Gasteiger partial charge in [0.05, 0.1) is 5.54 Å². The van der Waals surface area contributed by atoms with Gasteiger partial charge in [-0.15, -0.1) is 0 Å². The fourth-order valence-electron chi connectivity index (χ4n) is 3.76. The lowest BCUT2D eigenvalue weighted by Crippen LogP contribution is -2.54. The normalized spacial score (nSPS) is 30.7. The number of anilines is 1. The minimum atomic E-state index is 0.0931. The summed E-state index contributed by atoms with van der Waals surface area (Å²) in [6.45, 7) is 6.35. The molecular weight excluding hydrogens is 246 g/mol. The number of rotatable bonds is 4. The van der Waals surface area contributed by atoms with Gasteiger partial charge in [-0.05, 0) is 50.8 Å². The summed E-state index contributed by atoms with van der Waals surface area (Å²) in [5.41, 5.74) is 8.92. The SMILES string of the molecule is Cc1cccc(N(C)C2(CN)CC(C)N(C3CC3)C2)c1. The van der Waals surface area contributed by atoms with Gasteiger partial charge >= 0.3 is 0 Å². The summed E-state index contributed by atoms with van der Waals surface area (Å²) in [4.78, 5) is 5.11. The Bertz CT molecular complexity index is 483. The van der Waals surface area contributed by atoms with Crippen LogP contribution in [0.4, 0.5) is 5.69 Å². The van der Waals surface area contributed by atoms with Crippen molar-refractivity contribution >= 4 is 5.69 Å².